The average Bonchev–Trinajstić information content (AvgIpc) is 2.68. The summed E-state index contributed by atoms with van der Waals surface area (Å²) in [5.74, 6) is -2.64. The van der Waals surface area contributed by atoms with Gasteiger partial charge in [0.1, 0.15) is 11.4 Å². The molecule has 2 rings (SSSR count). The molecule has 0 fully saturated rings. The first kappa shape index (κ1) is 22.1. The molecule has 3 N–H and O–H groups in total. The van der Waals surface area contributed by atoms with E-state index in [1.165, 1.54) is 24.3 Å². The van der Waals surface area contributed by atoms with Crippen molar-refractivity contribution < 1.29 is 33.7 Å². The summed E-state index contributed by atoms with van der Waals surface area (Å²) in [6.45, 7) is 1.12. The molecule has 0 radical (unpaired) electrons. The zero-order chi connectivity index (χ0) is 21.7. The maximum Gasteiger partial charge on any atom is 0.358 e. The lowest BCUT2D eigenvalue weighted by atomic mass is 10.1. The number of methoxy groups -OCH3 is 2. The minimum absolute atomic E-state index is 0.365. The number of hydrogen-bond acceptors (Lipinski definition) is 7. The first-order valence-corrected chi connectivity index (χ1v) is 8.51. The molecule has 0 spiro atoms. The minimum Gasteiger partial charge on any atom is -0.491 e. The van der Waals surface area contributed by atoms with Crippen LogP contribution in [0.5, 0.6) is 5.75 Å². The van der Waals surface area contributed by atoms with Gasteiger partial charge >= 0.3 is 5.97 Å². The number of aliphatic hydroxyl groups is 2. The molecule has 9 nitrogen and oxygen atoms in total. The lowest BCUT2D eigenvalue weighted by Crippen LogP contribution is -2.34. The molecule has 10 heteroatoms. The zero-order valence-corrected chi connectivity index (χ0v) is 16.0. The van der Waals surface area contributed by atoms with Gasteiger partial charge in [0.05, 0.1) is 26.8 Å². The summed E-state index contributed by atoms with van der Waals surface area (Å²) in [7, 11) is 2.21. The number of ether oxygens (including phenoxy) is 2. The standard InChI is InChI=1S/C19H21FN2O7/c1-10(11-4-6-12(20)7-5-11)21-18(26)13-8-22(9-14(23)24)15(19(27)29-3)17(28-2)16(13)25/h4-8,10,14,23-24H,9H2,1-3H3,(H,21,26)/t10-/m1/s1. The number of hydrogen-bond donors (Lipinski definition) is 3. The summed E-state index contributed by atoms with van der Waals surface area (Å²) in [6.07, 6.45) is -0.858. The molecule has 0 bridgehead atoms. The van der Waals surface area contributed by atoms with E-state index in [9.17, 15) is 29.0 Å². The monoisotopic (exact) mass is 408 g/mol. The molecule has 0 aliphatic heterocycles. The van der Waals surface area contributed by atoms with E-state index >= 15 is 0 Å². The van der Waals surface area contributed by atoms with Gasteiger partial charge in [-0.1, -0.05) is 12.1 Å². The van der Waals surface area contributed by atoms with Gasteiger partial charge in [-0.15, -0.1) is 0 Å². The van der Waals surface area contributed by atoms with Gasteiger partial charge in [0.15, 0.2) is 17.7 Å². The van der Waals surface area contributed by atoms with E-state index in [1.54, 1.807) is 6.92 Å². The minimum atomic E-state index is -1.88. The van der Waals surface area contributed by atoms with Crippen LogP contribution in [0, 0.1) is 5.82 Å². The third-order valence-electron chi connectivity index (χ3n) is 4.14. The summed E-state index contributed by atoms with van der Waals surface area (Å²) in [4.78, 5) is 37.4. The van der Waals surface area contributed by atoms with Crippen LogP contribution in [0.15, 0.2) is 35.3 Å². The van der Waals surface area contributed by atoms with E-state index < -0.39 is 47.7 Å². The predicted molar refractivity (Wildman–Crippen MR) is 99.1 cm³/mol. The topological polar surface area (TPSA) is 127 Å². The number of amides is 1. The largest absolute Gasteiger partial charge is 0.491 e. The Kier molecular flexibility index (Phi) is 7.08. The number of aromatic nitrogens is 1. The van der Waals surface area contributed by atoms with Crippen LogP contribution in [0.4, 0.5) is 4.39 Å². The van der Waals surface area contributed by atoms with Gasteiger partial charge in [-0.05, 0) is 24.6 Å². The van der Waals surface area contributed by atoms with Gasteiger partial charge in [-0.2, -0.15) is 0 Å². The number of carbonyl (C=O) groups excluding carboxylic acids is 2. The Morgan fingerprint density at radius 1 is 1.21 bits per heavy atom. The van der Waals surface area contributed by atoms with E-state index in [1.807, 2.05) is 0 Å². The van der Waals surface area contributed by atoms with Crippen LogP contribution in [0.1, 0.15) is 39.4 Å². The molecular weight excluding hydrogens is 387 g/mol. The third-order valence-corrected chi connectivity index (χ3v) is 4.14. The number of nitrogens with one attached hydrogen (secondary N) is 1. The summed E-state index contributed by atoms with van der Waals surface area (Å²) >= 11 is 0. The maximum absolute atomic E-state index is 13.1. The highest BCUT2D eigenvalue weighted by molar-refractivity contribution is 5.97. The predicted octanol–water partition coefficient (Wildman–Crippen LogP) is 0.584. The van der Waals surface area contributed by atoms with E-state index in [0.29, 0.717) is 5.56 Å². The lowest BCUT2D eigenvalue weighted by molar-refractivity contribution is -0.0519. The maximum atomic E-state index is 13.1. The highest BCUT2D eigenvalue weighted by Gasteiger charge is 2.27. The number of carbonyl (C=O) groups is 2. The molecule has 1 aromatic carbocycles. The fraction of sp³-hybridized carbons (Fsp3) is 0.316. The molecule has 29 heavy (non-hydrogen) atoms. The summed E-state index contributed by atoms with van der Waals surface area (Å²) in [5.41, 5.74) is -1.02. The lowest BCUT2D eigenvalue weighted by Gasteiger charge is -2.19. The SMILES string of the molecule is COC(=O)c1c(OC)c(=O)c(C(=O)N[C@H](C)c2ccc(F)cc2)cn1CC(O)O. The molecule has 1 heterocycles. The van der Waals surface area contributed by atoms with Gasteiger partial charge < -0.3 is 29.6 Å². The highest BCUT2D eigenvalue weighted by atomic mass is 19.1. The van der Waals surface area contributed by atoms with Crippen molar-refractivity contribution in [2.45, 2.75) is 25.8 Å². The number of nitrogens with zero attached hydrogens (tertiary/aromatic N) is 1. The molecule has 1 atom stereocenters. The van der Waals surface area contributed by atoms with Gasteiger partial charge in [-0.25, -0.2) is 9.18 Å². The van der Waals surface area contributed by atoms with Crippen LogP contribution in [0.25, 0.3) is 0 Å². The Morgan fingerprint density at radius 3 is 2.34 bits per heavy atom. The van der Waals surface area contributed by atoms with Crippen LogP contribution in [0.3, 0.4) is 0 Å². The Balaban J connectivity index is 2.48. The van der Waals surface area contributed by atoms with Crippen molar-refractivity contribution in [3.8, 4) is 5.75 Å². The number of rotatable bonds is 7. The first-order valence-electron chi connectivity index (χ1n) is 8.51. The summed E-state index contributed by atoms with van der Waals surface area (Å²) in [5, 5.41) is 21.2. The first-order chi connectivity index (χ1) is 13.7. The molecule has 156 valence electrons. The fourth-order valence-corrected chi connectivity index (χ4v) is 2.73. The number of aliphatic hydroxyl groups excluding tert-OH is 1. The number of pyridine rings is 1. The van der Waals surface area contributed by atoms with Gasteiger partial charge in [0, 0.05) is 6.20 Å². The van der Waals surface area contributed by atoms with Crippen LogP contribution in [-0.2, 0) is 11.3 Å². The molecule has 1 amide bonds. The Labute approximate surface area is 165 Å². The van der Waals surface area contributed by atoms with E-state index in [4.69, 9.17) is 4.74 Å². The van der Waals surface area contributed by atoms with E-state index in [-0.39, 0.29) is 11.3 Å². The average molecular weight is 408 g/mol. The molecule has 1 aromatic heterocycles. The molecule has 0 saturated carbocycles. The second-order valence-electron chi connectivity index (χ2n) is 6.13. The van der Waals surface area contributed by atoms with Crippen molar-refractivity contribution in [2.24, 2.45) is 0 Å². The van der Waals surface area contributed by atoms with Crippen molar-refractivity contribution in [2.75, 3.05) is 14.2 Å². The van der Waals surface area contributed by atoms with Crippen molar-refractivity contribution in [3.63, 3.8) is 0 Å². The molecule has 0 aliphatic rings. The van der Waals surface area contributed by atoms with Gasteiger partial charge in [0.2, 0.25) is 5.43 Å². The number of benzene rings is 1. The normalized spacial score (nSPS) is 11.8. The second-order valence-corrected chi connectivity index (χ2v) is 6.13. The molecule has 0 saturated heterocycles. The summed E-state index contributed by atoms with van der Waals surface area (Å²) in [6, 6.07) is 4.89. The number of esters is 1. The van der Waals surface area contributed by atoms with E-state index in [0.717, 1.165) is 25.0 Å². The molecule has 2 aromatic rings. The third kappa shape index (κ3) is 4.98. The van der Waals surface area contributed by atoms with Crippen LogP contribution >= 0.6 is 0 Å². The number of halogens is 1. The highest BCUT2D eigenvalue weighted by Crippen LogP contribution is 2.18. The van der Waals surface area contributed by atoms with Crippen LogP contribution in [0.2, 0.25) is 0 Å². The smallest absolute Gasteiger partial charge is 0.358 e. The Morgan fingerprint density at radius 2 is 1.83 bits per heavy atom. The Hall–Kier alpha value is -3.24. The van der Waals surface area contributed by atoms with Crippen molar-refractivity contribution >= 4 is 11.9 Å². The Bertz CT molecular complexity index is 954. The zero-order valence-electron chi connectivity index (χ0n) is 16.0. The van der Waals surface area contributed by atoms with Crippen LogP contribution in [-0.4, -0.2) is 47.2 Å². The molecule has 0 aliphatic carbocycles. The van der Waals surface area contributed by atoms with Gasteiger partial charge in [-0.3, -0.25) is 9.59 Å². The van der Waals surface area contributed by atoms with Gasteiger partial charge in [0.25, 0.3) is 5.91 Å². The molecule has 0 unspecified atom stereocenters. The van der Waals surface area contributed by atoms with Crippen molar-refractivity contribution in [1.29, 1.82) is 0 Å². The fourth-order valence-electron chi connectivity index (χ4n) is 2.73. The molecular formula is C19H21FN2O7. The van der Waals surface area contributed by atoms with Crippen LogP contribution < -0.4 is 15.5 Å². The van der Waals surface area contributed by atoms with E-state index in [2.05, 4.69) is 10.1 Å². The van der Waals surface area contributed by atoms with Crippen molar-refractivity contribution in [1.82, 2.24) is 9.88 Å². The van der Waals surface area contributed by atoms with Crippen molar-refractivity contribution in [3.05, 3.63) is 63.3 Å². The second kappa shape index (κ2) is 9.30. The summed E-state index contributed by atoms with van der Waals surface area (Å²) < 4.78 is 23.7. The quantitative estimate of drug-likeness (QED) is 0.452.